The van der Waals surface area contributed by atoms with Crippen LogP contribution in [0.15, 0.2) is 67.3 Å². The number of likely N-dealkylation sites (N-methyl/N-ethyl adjacent to an activating group) is 1. The topological polar surface area (TPSA) is 105 Å². The number of nitrogens with one attached hydrogen (secondary N) is 2. The van der Waals surface area contributed by atoms with Gasteiger partial charge in [-0.1, -0.05) is 6.42 Å². The Balaban J connectivity index is 1.21. The van der Waals surface area contributed by atoms with Crippen molar-refractivity contribution in [1.82, 2.24) is 35.0 Å². The lowest BCUT2D eigenvalue weighted by Crippen LogP contribution is -2.19. The number of benzene rings is 1. The second kappa shape index (κ2) is 12.0. The first kappa shape index (κ1) is 28.0. The molecule has 2 N–H and O–H groups in total. The van der Waals surface area contributed by atoms with Crippen LogP contribution in [0.1, 0.15) is 32.1 Å². The predicted molar refractivity (Wildman–Crippen MR) is 169 cm³/mol. The van der Waals surface area contributed by atoms with E-state index in [1.165, 1.54) is 31.4 Å². The van der Waals surface area contributed by atoms with Crippen molar-refractivity contribution in [2.24, 2.45) is 0 Å². The van der Waals surface area contributed by atoms with Crippen molar-refractivity contribution in [3.8, 4) is 45.1 Å². The second-order valence-corrected chi connectivity index (χ2v) is 11.6. The fourth-order valence-electron chi connectivity index (χ4n) is 5.84. The lowest BCUT2D eigenvalue weighted by Gasteiger charge is -2.23. The number of nitrogens with zero attached hydrogens (tertiary/aromatic N) is 5. The third kappa shape index (κ3) is 5.85. The molecule has 0 unspecified atom stereocenters. The van der Waals surface area contributed by atoms with E-state index in [4.69, 9.17) is 9.47 Å². The van der Waals surface area contributed by atoms with Gasteiger partial charge in [-0.05, 0) is 87.3 Å². The molecule has 1 fully saturated rings. The third-order valence-electron chi connectivity index (χ3n) is 8.09. The number of aromatic amines is 2. The Labute approximate surface area is 254 Å². The molecule has 6 aromatic rings. The molecule has 0 amide bonds. The summed E-state index contributed by atoms with van der Waals surface area (Å²) in [5, 5.41) is 9.36. The number of ether oxygens (including phenoxy) is 2. The fourth-order valence-corrected chi connectivity index (χ4v) is 5.84. The van der Waals surface area contributed by atoms with Crippen LogP contribution in [0.4, 0.5) is 4.39 Å². The van der Waals surface area contributed by atoms with Crippen LogP contribution in [-0.4, -0.2) is 68.4 Å². The van der Waals surface area contributed by atoms with E-state index in [1.54, 1.807) is 12.4 Å². The van der Waals surface area contributed by atoms with Crippen LogP contribution in [0.3, 0.4) is 0 Å². The average Bonchev–Trinajstić information content (AvgIpc) is 3.65. The maximum atomic E-state index is 14.7. The normalized spacial score (nSPS) is 14.1. The fraction of sp³-hybridized carbons (Fsp3) is 0.294. The van der Waals surface area contributed by atoms with Gasteiger partial charge in [0.1, 0.15) is 35.3 Å². The largest absolute Gasteiger partial charge is 0.492 e. The van der Waals surface area contributed by atoms with Gasteiger partial charge in [0.25, 0.3) is 0 Å². The molecule has 44 heavy (non-hydrogen) atoms. The zero-order valence-electron chi connectivity index (χ0n) is 24.8. The van der Waals surface area contributed by atoms with Crippen molar-refractivity contribution in [3.63, 3.8) is 0 Å². The monoisotopic (exact) mass is 591 g/mol. The predicted octanol–water partition coefficient (Wildman–Crippen LogP) is 7.02. The lowest BCUT2D eigenvalue weighted by molar-refractivity contribution is 0.154. The zero-order valence-corrected chi connectivity index (χ0v) is 24.8. The maximum absolute atomic E-state index is 14.7. The number of rotatable bonds is 9. The van der Waals surface area contributed by atoms with Gasteiger partial charge in [-0.15, -0.1) is 0 Å². The van der Waals surface area contributed by atoms with Crippen LogP contribution in [0.25, 0.3) is 55.7 Å². The zero-order chi connectivity index (χ0) is 30.0. The molecule has 1 aliphatic carbocycles. The summed E-state index contributed by atoms with van der Waals surface area (Å²) in [6, 6.07) is 12.8. The number of aromatic nitrogens is 6. The Hall–Kier alpha value is -4.83. The van der Waals surface area contributed by atoms with Gasteiger partial charge < -0.3 is 19.4 Å². The van der Waals surface area contributed by atoms with Gasteiger partial charge in [0, 0.05) is 53.1 Å². The summed E-state index contributed by atoms with van der Waals surface area (Å²) in [7, 11) is 3.94. The molecule has 5 aromatic heterocycles. The van der Waals surface area contributed by atoms with Crippen molar-refractivity contribution in [3.05, 3.63) is 73.1 Å². The van der Waals surface area contributed by atoms with Gasteiger partial charge in [-0.2, -0.15) is 5.10 Å². The van der Waals surface area contributed by atoms with Crippen molar-refractivity contribution >= 4 is 22.1 Å². The molecule has 9 nitrogen and oxygen atoms in total. The Morgan fingerprint density at radius 3 is 2.57 bits per heavy atom. The Kier molecular flexibility index (Phi) is 7.66. The summed E-state index contributed by atoms with van der Waals surface area (Å²) < 4.78 is 26.8. The Morgan fingerprint density at radius 2 is 1.70 bits per heavy atom. The second-order valence-electron chi connectivity index (χ2n) is 11.6. The lowest BCUT2D eigenvalue weighted by atomic mass is 9.98. The molecular weight excluding hydrogens is 557 g/mol. The molecule has 0 bridgehead atoms. The van der Waals surface area contributed by atoms with E-state index in [9.17, 15) is 4.39 Å². The molecular formula is C34H34FN7O2. The molecule has 1 aromatic carbocycles. The van der Waals surface area contributed by atoms with Crippen LogP contribution in [0.5, 0.6) is 11.5 Å². The van der Waals surface area contributed by atoms with Gasteiger partial charge in [0.05, 0.1) is 18.0 Å². The van der Waals surface area contributed by atoms with Crippen LogP contribution < -0.4 is 9.47 Å². The molecule has 1 saturated carbocycles. The van der Waals surface area contributed by atoms with Crippen LogP contribution in [0.2, 0.25) is 0 Å². The molecule has 224 valence electrons. The Morgan fingerprint density at radius 1 is 0.864 bits per heavy atom. The third-order valence-corrected chi connectivity index (χ3v) is 8.09. The minimum atomic E-state index is -0.359. The van der Waals surface area contributed by atoms with Crippen molar-refractivity contribution in [2.45, 2.75) is 38.2 Å². The molecule has 0 saturated heterocycles. The molecule has 5 heterocycles. The van der Waals surface area contributed by atoms with E-state index in [0.717, 1.165) is 58.3 Å². The standard InChI is InChI=1S/C34H34FN7O2/c1-42(2)10-11-43-26-13-21(12-24(35)16-26)28-8-9-37-33-29(28)17-31(39-33)32-30-15-23(19-38-34(30)41-40-32)22-14-27(20-36-18-22)44-25-6-4-3-5-7-25/h8-9,12-20,25H,3-7,10-11H2,1-2H3,(H,37,39)(H,38,40,41). The number of H-pyrrole nitrogens is 2. The summed E-state index contributed by atoms with van der Waals surface area (Å²) in [5.74, 6) is 0.907. The SMILES string of the molecule is CN(C)CCOc1cc(F)cc(-c2ccnc3[nH]c(-c4n[nH]c5ncc(-c6cncc(OC7CCCCC7)c6)cc45)cc23)c1. The smallest absolute Gasteiger partial charge is 0.155 e. The van der Waals surface area contributed by atoms with Gasteiger partial charge in [0.15, 0.2) is 5.65 Å². The average molecular weight is 592 g/mol. The number of hydrogen-bond acceptors (Lipinski definition) is 7. The van der Waals surface area contributed by atoms with E-state index in [1.807, 2.05) is 55.7 Å². The maximum Gasteiger partial charge on any atom is 0.155 e. The van der Waals surface area contributed by atoms with Crippen LogP contribution >= 0.6 is 0 Å². The van der Waals surface area contributed by atoms with Crippen molar-refractivity contribution < 1.29 is 13.9 Å². The minimum Gasteiger partial charge on any atom is -0.492 e. The highest BCUT2D eigenvalue weighted by Crippen LogP contribution is 2.36. The quantitative estimate of drug-likeness (QED) is 0.186. The van der Waals surface area contributed by atoms with Gasteiger partial charge in [0.2, 0.25) is 0 Å². The summed E-state index contributed by atoms with van der Waals surface area (Å²) in [4.78, 5) is 19.1. The van der Waals surface area contributed by atoms with Crippen molar-refractivity contribution in [1.29, 1.82) is 0 Å². The highest BCUT2D eigenvalue weighted by molar-refractivity contribution is 5.99. The molecule has 1 aliphatic rings. The molecule has 0 atom stereocenters. The summed E-state index contributed by atoms with van der Waals surface area (Å²) in [5.41, 5.74) is 6.23. The Bertz CT molecular complexity index is 1930. The first-order valence-corrected chi connectivity index (χ1v) is 15.0. The van der Waals surface area contributed by atoms with Crippen LogP contribution in [-0.2, 0) is 0 Å². The van der Waals surface area contributed by atoms with E-state index in [-0.39, 0.29) is 11.9 Å². The molecule has 7 rings (SSSR count). The van der Waals surface area contributed by atoms with Crippen molar-refractivity contribution in [2.75, 3.05) is 27.2 Å². The minimum absolute atomic E-state index is 0.247. The van der Waals surface area contributed by atoms with Crippen LogP contribution in [0, 0.1) is 5.82 Å². The van der Waals surface area contributed by atoms with Gasteiger partial charge >= 0.3 is 0 Å². The first-order chi connectivity index (χ1) is 21.5. The van der Waals surface area contributed by atoms with E-state index in [2.05, 4.69) is 36.2 Å². The molecule has 10 heteroatoms. The molecule has 0 radical (unpaired) electrons. The number of fused-ring (bicyclic) bond motifs is 2. The highest BCUT2D eigenvalue weighted by atomic mass is 19.1. The molecule has 0 aliphatic heterocycles. The van der Waals surface area contributed by atoms with E-state index in [0.29, 0.717) is 34.9 Å². The summed E-state index contributed by atoms with van der Waals surface area (Å²) in [6.07, 6.45) is 13.3. The summed E-state index contributed by atoms with van der Waals surface area (Å²) in [6.45, 7) is 1.20. The first-order valence-electron chi connectivity index (χ1n) is 15.0. The number of halogens is 1. The number of pyridine rings is 3. The highest BCUT2D eigenvalue weighted by Gasteiger charge is 2.18. The van der Waals surface area contributed by atoms with Gasteiger partial charge in [-0.3, -0.25) is 10.1 Å². The van der Waals surface area contributed by atoms with E-state index >= 15 is 0 Å². The molecule has 0 spiro atoms. The van der Waals surface area contributed by atoms with Gasteiger partial charge in [-0.25, -0.2) is 14.4 Å². The van der Waals surface area contributed by atoms with E-state index < -0.39 is 0 Å². The number of hydrogen-bond donors (Lipinski definition) is 2. The summed E-state index contributed by atoms with van der Waals surface area (Å²) >= 11 is 0.